The summed E-state index contributed by atoms with van der Waals surface area (Å²) in [5.74, 6) is -0.227. The highest BCUT2D eigenvalue weighted by Gasteiger charge is 2.19. The molecule has 0 aliphatic carbocycles. The molecule has 0 saturated heterocycles. The molecule has 138 valence electrons. The van der Waals surface area contributed by atoms with Crippen LogP contribution in [0.1, 0.15) is 38.6 Å². The average Bonchev–Trinajstić information content (AvgIpc) is 2.97. The van der Waals surface area contributed by atoms with Crippen molar-refractivity contribution < 1.29 is 4.79 Å². The Kier molecular flexibility index (Phi) is 5.24. The van der Waals surface area contributed by atoms with E-state index < -0.39 is 0 Å². The molecule has 0 atom stereocenters. The van der Waals surface area contributed by atoms with Crippen LogP contribution in [0, 0.1) is 36.5 Å². The number of hydrogen-bond donors (Lipinski definition) is 1. The highest BCUT2D eigenvalue weighted by molar-refractivity contribution is 5.91. The van der Waals surface area contributed by atoms with Gasteiger partial charge in [0.05, 0.1) is 17.2 Å². The van der Waals surface area contributed by atoms with Gasteiger partial charge in [0.2, 0.25) is 0 Å². The van der Waals surface area contributed by atoms with E-state index in [1.165, 1.54) is 0 Å². The van der Waals surface area contributed by atoms with Gasteiger partial charge < -0.3 is 9.88 Å². The number of hydrogen-bond acceptors (Lipinski definition) is 4. The fraction of sp³-hybridized carbons (Fsp3) is 0.182. The Hall–Kier alpha value is -3.90. The van der Waals surface area contributed by atoms with Gasteiger partial charge in [-0.25, -0.2) is 0 Å². The van der Waals surface area contributed by atoms with Gasteiger partial charge >= 0.3 is 0 Å². The van der Waals surface area contributed by atoms with Gasteiger partial charge in [-0.2, -0.15) is 10.5 Å². The van der Waals surface area contributed by atoms with E-state index in [1.807, 2.05) is 32.0 Å². The van der Waals surface area contributed by atoms with E-state index in [0.29, 0.717) is 23.4 Å². The lowest BCUT2D eigenvalue weighted by molar-refractivity contribution is 0.0958. The first-order valence-corrected chi connectivity index (χ1v) is 8.77. The Morgan fingerprint density at radius 1 is 1.07 bits per heavy atom. The van der Waals surface area contributed by atoms with Crippen molar-refractivity contribution in [2.45, 2.75) is 20.4 Å². The summed E-state index contributed by atoms with van der Waals surface area (Å²) < 4.78 is 2.07. The molecule has 0 spiro atoms. The molecular formula is C22H19N5O. The summed E-state index contributed by atoms with van der Waals surface area (Å²) in [5, 5.41) is 21.3. The van der Waals surface area contributed by atoms with E-state index in [-0.39, 0.29) is 5.91 Å². The topological polar surface area (TPSA) is 94.5 Å². The van der Waals surface area contributed by atoms with Crippen molar-refractivity contribution >= 4 is 5.91 Å². The number of nitriles is 2. The van der Waals surface area contributed by atoms with Gasteiger partial charge in [-0.15, -0.1) is 0 Å². The highest BCUT2D eigenvalue weighted by Crippen LogP contribution is 2.32. The molecule has 0 radical (unpaired) electrons. The van der Waals surface area contributed by atoms with E-state index in [1.54, 1.807) is 31.4 Å². The van der Waals surface area contributed by atoms with Crippen LogP contribution < -0.4 is 5.32 Å². The number of amides is 1. The molecule has 1 aromatic carbocycles. The zero-order valence-corrected chi connectivity index (χ0v) is 15.9. The van der Waals surface area contributed by atoms with Crippen LogP contribution in [0.2, 0.25) is 0 Å². The molecule has 1 amide bonds. The molecule has 3 aromatic rings. The summed E-state index contributed by atoms with van der Waals surface area (Å²) in [4.78, 5) is 15.9. The Morgan fingerprint density at radius 3 is 2.32 bits per heavy atom. The van der Waals surface area contributed by atoms with Crippen molar-refractivity contribution in [2.24, 2.45) is 0 Å². The third kappa shape index (κ3) is 3.36. The largest absolute Gasteiger partial charge is 0.354 e. The van der Waals surface area contributed by atoms with Gasteiger partial charge in [0.15, 0.2) is 0 Å². The number of benzene rings is 1. The summed E-state index contributed by atoms with van der Waals surface area (Å²) in [6, 6.07) is 15.2. The molecule has 6 nitrogen and oxygen atoms in total. The fourth-order valence-electron chi connectivity index (χ4n) is 3.28. The smallest absolute Gasteiger partial charge is 0.269 e. The van der Waals surface area contributed by atoms with Crippen LogP contribution in [0.25, 0.3) is 11.1 Å². The predicted octanol–water partition coefficient (Wildman–Crippen LogP) is 3.32. The first-order chi connectivity index (χ1) is 13.5. The lowest BCUT2D eigenvalue weighted by atomic mass is 10.0. The van der Waals surface area contributed by atoms with E-state index in [0.717, 1.165) is 28.1 Å². The summed E-state index contributed by atoms with van der Waals surface area (Å²) in [7, 11) is 1.57. The van der Waals surface area contributed by atoms with Gasteiger partial charge in [-0.3, -0.25) is 9.78 Å². The Bertz CT molecular complexity index is 1110. The minimum Gasteiger partial charge on any atom is -0.354 e. The fourth-order valence-corrected chi connectivity index (χ4v) is 3.28. The molecule has 0 aliphatic rings. The van der Waals surface area contributed by atoms with Crippen LogP contribution in [-0.4, -0.2) is 22.5 Å². The zero-order chi connectivity index (χ0) is 20.3. The van der Waals surface area contributed by atoms with Gasteiger partial charge in [0.1, 0.15) is 11.8 Å². The van der Waals surface area contributed by atoms with E-state index in [9.17, 15) is 10.1 Å². The third-order valence-electron chi connectivity index (χ3n) is 4.82. The van der Waals surface area contributed by atoms with Crippen molar-refractivity contribution in [3.8, 4) is 23.3 Å². The Balaban J connectivity index is 2.01. The lowest BCUT2D eigenvalue weighted by Crippen LogP contribution is -2.19. The second kappa shape index (κ2) is 7.77. The number of nitrogens with one attached hydrogen (secondary N) is 1. The number of carbonyl (C=O) groups excluding carboxylic acids is 1. The van der Waals surface area contributed by atoms with E-state index in [4.69, 9.17) is 5.26 Å². The normalized spacial score (nSPS) is 10.2. The van der Waals surface area contributed by atoms with Gasteiger partial charge in [-0.1, -0.05) is 18.2 Å². The Labute approximate surface area is 163 Å². The minimum atomic E-state index is -0.227. The number of nitrogens with zero attached hydrogens (tertiary/aromatic N) is 4. The maximum absolute atomic E-state index is 11.6. The SMILES string of the molecule is CNC(=O)c1ccc(Cn2c(C)c(C#N)c(-c3ccc(C#N)cc3)c2C)cn1. The molecule has 0 fully saturated rings. The van der Waals surface area contributed by atoms with Gasteiger partial charge in [0.25, 0.3) is 5.91 Å². The summed E-state index contributed by atoms with van der Waals surface area (Å²) in [6.45, 7) is 4.45. The van der Waals surface area contributed by atoms with Crippen LogP contribution in [0.4, 0.5) is 0 Å². The molecule has 2 aromatic heterocycles. The Morgan fingerprint density at radius 2 is 1.79 bits per heavy atom. The van der Waals surface area contributed by atoms with Crippen molar-refractivity contribution in [1.29, 1.82) is 10.5 Å². The molecule has 0 saturated carbocycles. The number of aromatic nitrogens is 2. The first kappa shape index (κ1) is 18.9. The first-order valence-electron chi connectivity index (χ1n) is 8.77. The summed E-state index contributed by atoms with van der Waals surface area (Å²) >= 11 is 0. The minimum absolute atomic E-state index is 0.227. The number of pyridine rings is 1. The molecule has 3 rings (SSSR count). The lowest BCUT2D eigenvalue weighted by Gasteiger charge is -2.10. The summed E-state index contributed by atoms with van der Waals surface area (Å²) in [6.07, 6.45) is 1.68. The second-order valence-corrected chi connectivity index (χ2v) is 6.44. The van der Waals surface area contributed by atoms with Gasteiger partial charge in [-0.05, 0) is 43.2 Å². The molecule has 1 N–H and O–H groups in total. The van der Waals surface area contributed by atoms with Crippen molar-refractivity contribution in [1.82, 2.24) is 14.9 Å². The van der Waals surface area contributed by atoms with E-state index >= 15 is 0 Å². The van der Waals surface area contributed by atoms with Crippen LogP contribution in [-0.2, 0) is 6.54 Å². The quantitative estimate of drug-likeness (QED) is 0.763. The molecule has 6 heteroatoms. The monoisotopic (exact) mass is 369 g/mol. The number of carbonyl (C=O) groups is 1. The summed E-state index contributed by atoms with van der Waals surface area (Å²) in [5.41, 5.74) is 6.12. The number of rotatable bonds is 4. The van der Waals surface area contributed by atoms with E-state index in [2.05, 4.69) is 27.0 Å². The highest BCUT2D eigenvalue weighted by atomic mass is 16.1. The second-order valence-electron chi connectivity index (χ2n) is 6.44. The van der Waals surface area contributed by atoms with Crippen LogP contribution in [0.5, 0.6) is 0 Å². The third-order valence-corrected chi connectivity index (χ3v) is 4.82. The van der Waals surface area contributed by atoms with Gasteiger partial charge in [0, 0.05) is 36.7 Å². The average molecular weight is 369 g/mol. The maximum atomic E-state index is 11.6. The van der Waals surface area contributed by atoms with Crippen LogP contribution in [0.15, 0.2) is 42.6 Å². The van der Waals surface area contributed by atoms with Crippen molar-refractivity contribution in [2.75, 3.05) is 7.05 Å². The maximum Gasteiger partial charge on any atom is 0.269 e. The standard InChI is InChI=1S/C22H19N5O/c1-14-19(11-24)21(18-7-4-16(10-23)5-8-18)15(2)27(14)13-17-6-9-20(26-12-17)22(28)25-3/h4-9,12H,13H2,1-3H3,(H,25,28). The molecule has 0 aliphatic heterocycles. The van der Waals surface area contributed by atoms with Crippen molar-refractivity contribution in [3.63, 3.8) is 0 Å². The molecule has 0 bridgehead atoms. The molecule has 0 unspecified atom stereocenters. The molecular weight excluding hydrogens is 350 g/mol. The predicted molar refractivity (Wildman–Crippen MR) is 106 cm³/mol. The van der Waals surface area contributed by atoms with Crippen molar-refractivity contribution in [3.05, 3.63) is 76.4 Å². The van der Waals surface area contributed by atoms with Crippen LogP contribution in [0.3, 0.4) is 0 Å². The van der Waals surface area contributed by atoms with Crippen LogP contribution >= 0.6 is 0 Å². The molecule has 2 heterocycles. The molecule has 28 heavy (non-hydrogen) atoms. The zero-order valence-electron chi connectivity index (χ0n) is 15.9.